The molecule has 0 saturated carbocycles. The summed E-state index contributed by atoms with van der Waals surface area (Å²) in [4.78, 5) is 0. The molecule has 0 aromatic carbocycles. The lowest BCUT2D eigenvalue weighted by Gasteiger charge is -2.43. The van der Waals surface area contributed by atoms with Gasteiger partial charge >= 0.3 is 0 Å². The molecule has 0 bridgehead atoms. The number of hydrogen-bond acceptors (Lipinski definition) is 1. The number of likely N-dealkylation sites (N-methyl/N-ethyl adjacent to an activating group) is 1. The van der Waals surface area contributed by atoms with Crippen molar-refractivity contribution in [1.29, 1.82) is 0 Å². The quantitative estimate of drug-likeness (QED) is 0.396. The summed E-state index contributed by atoms with van der Waals surface area (Å²) >= 11 is 0. The summed E-state index contributed by atoms with van der Waals surface area (Å²) in [5.41, 5.74) is 1.76. The highest BCUT2D eigenvalue weighted by atomic mass is 16.6. The van der Waals surface area contributed by atoms with Crippen LogP contribution in [0.5, 0.6) is 0 Å². The van der Waals surface area contributed by atoms with E-state index >= 15 is 0 Å². The van der Waals surface area contributed by atoms with Gasteiger partial charge in [0.05, 0.1) is 11.7 Å². The molecule has 1 saturated heterocycles. The molecule has 0 aromatic rings. The van der Waals surface area contributed by atoms with Crippen LogP contribution in [0.4, 0.5) is 0 Å². The van der Waals surface area contributed by atoms with E-state index in [9.17, 15) is 0 Å². The van der Waals surface area contributed by atoms with E-state index in [1.54, 1.807) is 0 Å². The SMILES string of the molecule is C[N-][C@@]1(C)C=C[C@H]([C@H](C)CC/C=C(\C)CCC2OC2(C)C)CC1. The summed E-state index contributed by atoms with van der Waals surface area (Å²) < 4.78 is 5.66. The van der Waals surface area contributed by atoms with Gasteiger partial charge in [0.15, 0.2) is 0 Å². The molecule has 2 rings (SSSR count). The summed E-state index contributed by atoms with van der Waals surface area (Å²) in [6.45, 7) is 11.3. The van der Waals surface area contributed by atoms with E-state index in [1.807, 2.05) is 7.05 Å². The fourth-order valence-corrected chi connectivity index (χ4v) is 3.64. The van der Waals surface area contributed by atoms with Gasteiger partial charge < -0.3 is 10.1 Å². The number of nitrogens with zero attached hydrogens (tertiary/aromatic N) is 1. The lowest BCUT2D eigenvalue weighted by Crippen LogP contribution is -2.26. The third-order valence-corrected chi connectivity index (χ3v) is 6.01. The van der Waals surface area contributed by atoms with Gasteiger partial charge in [-0.1, -0.05) is 38.0 Å². The summed E-state index contributed by atoms with van der Waals surface area (Å²) in [7, 11) is 1.94. The van der Waals surface area contributed by atoms with E-state index in [1.165, 1.54) is 44.1 Å². The number of rotatable bonds is 8. The lowest BCUT2D eigenvalue weighted by atomic mass is 9.77. The lowest BCUT2D eigenvalue weighted by molar-refractivity contribution is 0.320. The molecule has 0 amide bonds. The Hall–Kier alpha value is -0.600. The molecular weight excluding hydrogens is 282 g/mol. The van der Waals surface area contributed by atoms with Crippen LogP contribution in [0.3, 0.4) is 0 Å². The van der Waals surface area contributed by atoms with Crippen LogP contribution in [0, 0.1) is 11.8 Å². The highest BCUT2D eigenvalue weighted by molar-refractivity contribution is 5.19. The predicted molar refractivity (Wildman–Crippen MR) is 99.9 cm³/mol. The van der Waals surface area contributed by atoms with Gasteiger partial charge in [0.25, 0.3) is 0 Å². The maximum absolute atomic E-state index is 5.66. The van der Waals surface area contributed by atoms with Gasteiger partial charge in [0, 0.05) is 0 Å². The van der Waals surface area contributed by atoms with Crippen LogP contribution in [0.2, 0.25) is 0 Å². The van der Waals surface area contributed by atoms with Gasteiger partial charge in [-0.25, -0.2) is 0 Å². The Morgan fingerprint density at radius 1 is 1.39 bits per heavy atom. The smallest absolute Gasteiger partial charge is 0.0892 e. The second-order valence-electron chi connectivity index (χ2n) is 8.50. The van der Waals surface area contributed by atoms with Gasteiger partial charge in [-0.05, 0) is 64.7 Å². The van der Waals surface area contributed by atoms with E-state index < -0.39 is 0 Å². The average Bonchev–Trinajstić information content (AvgIpc) is 3.13. The fourth-order valence-electron chi connectivity index (χ4n) is 3.64. The zero-order valence-corrected chi connectivity index (χ0v) is 16.1. The van der Waals surface area contributed by atoms with Crippen LogP contribution >= 0.6 is 0 Å². The van der Waals surface area contributed by atoms with Gasteiger partial charge in [-0.3, -0.25) is 0 Å². The minimum atomic E-state index is 0.0887. The molecule has 1 fully saturated rings. The standard InChI is InChI=1S/C21H36NO/c1-16(10-11-19-20(3,4)23-19)8-7-9-17(2)18-12-14-21(5,22-6)15-13-18/h8,12,14,17-19H,7,9-11,13,15H2,1-6H3/q-1/b16-8+/t17-,18+,19?,21+/m1/s1. The minimum Gasteiger partial charge on any atom is -0.656 e. The molecule has 23 heavy (non-hydrogen) atoms. The molecular formula is C21H36NO-. The fraction of sp³-hybridized carbons (Fsp3) is 0.810. The Balaban J connectivity index is 1.67. The van der Waals surface area contributed by atoms with Crippen molar-refractivity contribution in [2.45, 2.75) is 90.4 Å². The molecule has 0 aromatic heterocycles. The Bertz CT molecular complexity index is 451. The molecule has 1 aliphatic carbocycles. The molecule has 0 radical (unpaired) electrons. The van der Waals surface area contributed by atoms with Crippen molar-refractivity contribution < 1.29 is 4.74 Å². The van der Waals surface area contributed by atoms with Crippen molar-refractivity contribution in [1.82, 2.24) is 0 Å². The molecule has 1 heterocycles. The molecule has 2 heteroatoms. The van der Waals surface area contributed by atoms with E-state index in [0.29, 0.717) is 6.10 Å². The highest BCUT2D eigenvalue weighted by Gasteiger charge is 2.46. The summed E-state index contributed by atoms with van der Waals surface area (Å²) in [5, 5.41) is 4.50. The highest BCUT2D eigenvalue weighted by Crippen LogP contribution is 2.39. The number of ether oxygens (including phenoxy) is 1. The predicted octanol–water partition coefficient (Wildman–Crippen LogP) is 6.04. The van der Waals surface area contributed by atoms with Crippen molar-refractivity contribution in [2.75, 3.05) is 7.05 Å². The van der Waals surface area contributed by atoms with Crippen molar-refractivity contribution in [3.8, 4) is 0 Å². The monoisotopic (exact) mass is 318 g/mol. The average molecular weight is 319 g/mol. The van der Waals surface area contributed by atoms with E-state index in [4.69, 9.17) is 4.74 Å². The molecule has 1 unspecified atom stereocenters. The minimum absolute atomic E-state index is 0.0887. The first-order valence-corrected chi connectivity index (χ1v) is 9.39. The van der Waals surface area contributed by atoms with E-state index in [2.05, 4.69) is 58.2 Å². The normalized spacial score (nSPS) is 34.4. The van der Waals surface area contributed by atoms with Crippen molar-refractivity contribution in [3.63, 3.8) is 0 Å². The maximum atomic E-state index is 5.66. The largest absolute Gasteiger partial charge is 0.656 e. The first-order chi connectivity index (χ1) is 10.8. The first kappa shape index (κ1) is 18.7. The van der Waals surface area contributed by atoms with Crippen LogP contribution in [0.15, 0.2) is 23.8 Å². The molecule has 2 nitrogen and oxygen atoms in total. The second kappa shape index (κ2) is 7.53. The Labute approximate surface area is 143 Å². The van der Waals surface area contributed by atoms with Crippen LogP contribution in [0.1, 0.15) is 73.1 Å². The van der Waals surface area contributed by atoms with E-state index in [0.717, 1.165) is 11.8 Å². The van der Waals surface area contributed by atoms with Gasteiger partial charge in [-0.15, -0.1) is 11.6 Å². The first-order valence-electron chi connectivity index (χ1n) is 9.39. The van der Waals surface area contributed by atoms with Crippen molar-refractivity contribution in [3.05, 3.63) is 29.1 Å². The summed E-state index contributed by atoms with van der Waals surface area (Å²) in [6.07, 6.45) is 15.0. The molecule has 1 aliphatic heterocycles. The number of hydrogen-bond donors (Lipinski definition) is 0. The van der Waals surface area contributed by atoms with Gasteiger partial charge in [0.1, 0.15) is 0 Å². The third kappa shape index (κ3) is 5.46. The van der Waals surface area contributed by atoms with Crippen LogP contribution in [-0.2, 0) is 4.74 Å². The number of allylic oxidation sites excluding steroid dienone is 3. The van der Waals surface area contributed by atoms with E-state index in [-0.39, 0.29) is 11.1 Å². The van der Waals surface area contributed by atoms with Crippen molar-refractivity contribution >= 4 is 0 Å². The third-order valence-electron chi connectivity index (χ3n) is 6.01. The second-order valence-corrected chi connectivity index (χ2v) is 8.50. The topological polar surface area (TPSA) is 26.6 Å². The molecule has 4 atom stereocenters. The van der Waals surface area contributed by atoms with Gasteiger partial charge in [-0.2, -0.15) is 7.05 Å². The van der Waals surface area contributed by atoms with Crippen LogP contribution in [0.25, 0.3) is 5.32 Å². The van der Waals surface area contributed by atoms with Gasteiger partial charge in [0.2, 0.25) is 0 Å². The van der Waals surface area contributed by atoms with Crippen LogP contribution < -0.4 is 0 Å². The zero-order valence-electron chi connectivity index (χ0n) is 16.1. The molecule has 2 aliphatic rings. The molecule has 0 N–H and O–H groups in total. The maximum Gasteiger partial charge on any atom is 0.0892 e. The summed E-state index contributed by atoms with van der Waals surface area (Å²) in [6, 6.07) is 0. The number of epoxide rings is 1. The van der Waals surface area contributed by atoms with Crippen LogP contribution in [-0.4, -0.2) is 24.3 Å². The molecule has 0 spiro atoms. The summed E-state index contributed by atoms with van der Waals surface area (Å²) in [5.74, 6) is 1.50. The zero-order chi connectivity index (χ0) is 17.1. The Morgan fingerprint density at radius 3 is 2.61 bits per heavy atom. The van der Waals surface area contributed by atoms with Crippen molar-refractivity contribution in [2.24, 2.45) is 11.8 Å². The Morgan fingerprint density at radius 2 is 2.09 bits per heavy atom. The molecule has 132 valence electrons. The Kier molecular flexibility index (Phi) is 6.13.